The van der Waals surface area contributed by atoms with Crippen LogP contribution in [0.2, 0.25) is 5.02 Å². The van der Waals surface area contributed by atoms with Crippen LogP contribution in [0.25, 0.3) is 21.3 Å². The van der Waals surface area contributed by atoms with E-state index >= 15 is 0 Å². The molecule has 0 aliphatic carbocycles. The molecule has 1 aliphatic heterocycles. The van der Waals surface area contributed by atoms with Crippen LogP contribution < -0.4 is 5.32 Å². The van der Waals surface area contributed by atoms with Gasteiger partial charge in [0.15, 0.2) is 0 Å². The molecule has 2 aromatic heterocycles. The first-order chi connectivity index (χ1) is 15.5. The number of morpholine rings is 1. The van der Waals surface area contributed by atoms with Gasteiger partial charge in [0.25, 0.3) is 0 Å². The monoisotopic (exact) mass is 478 g/mol. The van der Waals surface area contributed by atoms with Gasteiger partial charge in [0, 0.05) is 35.6 Å². The van der Waals surface area contributed by atoms with E-state index in [0.29, 0.717) is 0 Å². The van der Waals surface area contributed by atoms with Gasteiger partial charge in [0.05, 0.1) is 18.6 Å². The van der Waals surface area contributed by atoms with Crippen LogP contribution in [0.4, 0.5) is 5.82 Å². The van der Waals surface area contributed by atoms with E-state index in [1.165, 1.54) is 0 Å². The van der Waals surface area contributed by atoms with Crippen LogP contribution in [-0.4, -0.2) is 76.4 Å². The van der Waals surface area contributed by atoms with E-state index in [1.807, 2.05) is 24.3 Å². The zero-order valence-electron chi connectivity index (χ0n) is 17.2. The molecule has 0 spiro atoms. The summed E-state index contributed by atoms with van der Waals surface area (Å²) in [5, 5.41) is 22.3. The lowest BCUT2D eigenvalue weighted by Gasteiger charge is -2.26. The summed E-state index contributed by atoms with van der Waals surface area (Å²) in [6.45, 7) is 5.72. The molecule has 0 saturated carbocycles. The van der Waals surface area contributed by atoms with Crippen molar-refractivity contribution in [1.82, 2.24) is 14.9 Å². The van der Waals surface area contributed by atoms with Gasteiger partial charge >= 0.3 is 11.9 Å². The Morgan fingerprint density at radius 1 is 1.12 bits per heavy atom. The minimum Gasteiger partial charge on any atom is -0.473 e. The predicted molar refractivity (Wildman–Crippen MR) is 123 cm³/mol. The third kappa shape index (κ3) is 6.60. The van der Waals surface area contributed by atoms with Gasteiger partial charge in [-0.05, 0) is 30.7 Å². The van der Waals surface area contributed by atoms with Crippen molar-refractivity contribution in [2.75, 3.05) is 44.7 Å². The van der Waals surface area contributed by atoms with Crippen molar-refractivity contribution >= 4 is 50.9 Å². The van der Waals surface area contributed by atoms with E-state index in [0.717, 1.165) is 78.0 Å². The van der Waals surface area contributed by atoms with Gasteiger partial charge in [-0.15, -0.1) is 11.3 Å². The molecular weight excluding hydrogens is 456 g/mol. The number of nitrogens with zero attached hydrogens (tertiary/aromatic N) is 3. The van der Waals surface area contributed by atoms with E-state index in [2.05, 4.69) is 25.6 Å². The Hall–Kier alpha value is -2.79. The summed E-state index contributed by atoms with van der Waals surface area (Å²) in [5.74, 6) is -2.74. The Kier molecular flexibility index (Phi) is 8.74. The third-order valence-corrected chi connectivity index (χ3v) is 5.89. The highest BCUT2D eigenvalue weighted by molar-refractivity contribution is 7.17. The average Bonchev–Trinajstić information content (AvgIpc) is 3.23. The molecule has 170 valence electrons. The largest absolute Gasteiger partial charge is 0.473 e. The fourth-order valence-corrected chi connectivity index (χ4v) is 4.23. The van der Waals surface area contributed by atoms with Crippen LogP contribution in [0, 0.1) is 0 Å². The number of carboxylic acids is 2. The Morgan fingerprint density at radius 3 is 2.47 bits per heavy atom. The van der Waals surface area contributed by atoms with Gasteiger partial charge in [0.2, 0.25) is 0 Å². The van der Waals surface area contributed by atoms with Gasteiger partial charge in [0.1, 0.15) is 17.0 Å². The number of fused-ring (bicyclic) bond motifs is 1. The molecule has 3 aromatic rings. The van der Waals surface area contributed by atoms with Gasteiger partial charge in [-0.2, -0.15) is 0 Å². The van der Waals surface area contributed by atoms with Crippen LogP contribution in [0.5, 0.6) is 0 Å². The molecule has 0 amide bonds. The molecule has 32 heavy (non-hydrogen) atoms. The highest BCUT2D eigenvalue weighted by atomic mass is 35.5. The molecule has 0 unspecified atom stereocenters. The standard InChI is InChI=1S/C19H21ClN4OS.C2H2O4/c20-15-4-2-14(3-5-15)16-12-26-19-17(16)18(22-13-23-19)21-6-1-7-24-8-10-25-11-9-24;3-1(4)2(5)6/h2-5,12-13H,1,6-11H2,(H,21,22,23);(H,3,4)(H,5,6). The first kappa shape index (κ1) is 23.9. The molecule has 0 radical (unpaired) electrons. The number of carbonyl (C=O) groups is 2. The first-order valence-corrected chi connectivity index (χ1v) is 11.2. The summed E-state index contributed by atoms with van der Waals surface area (Å²) in [6, 6.07) is 7.91. The maximum absolute atomic E-state index is 9.10. The highest BCUT2D eigenvalue weighted by Crippen LogP contribution is 2.36. The zero-order chi connectivity index (χ0) is 22.9. The van der Waals surface area contributed by atoms with Crippen molar-refractivity contribution in [1.29, 1.82) is 0 Å². The smallest absolute Gasteiger partial charge is 0.414 e. The van der Waals surface area contributed by atoms with E-state index in [4.69, 9.17) is 36.1 Å². The lowest BCUT2D eigenvalue weighted by atomic mass is 10.1. The van der Waals surface area contributed by atoms with Crippen molar-refractivity contribution < 1.29 is 24.5 Å². The number of halogens is 1. The summed E-state index contributed by atoms with van der Waals surface area (Å²) in [6.07, 6.45) is 2.71. The Balaban J connectivity index is 0.000000427. The first-order valence-electron chi connectivity index (χ1n) is 9.94. The number of ether oxygens (including phenoxy) is 1. The number of carboxylic acid groups (broad SMARTS) is 2. The molecule has 4 rings (SSSR count). The van der Waals surface area contributed by atoms with E-state index in [9.17, 15) is 0 Å². The number of benzene rings is 1. The molecular formula is C21H23ClN4O5S. The zero-order valence-corrected chi connectivity index (χ0v) is 18.7. The predicted octanol–water partition coefficient (Wildman–Crippen LogP) is 3.30. The summed E-state index contributed by atoms with van der Waals surface area (Å²) in [5.41, 5.74) is 2.28. The lowest BCUT2D eigenvalue weighted by Crippen LogP contribution is -2.37. The second-order valence-electron chi connectivity index (χ2n) is 6.90. The van der Waals surface area contributed by atoms with Crippen LogP contribution in [0.3, 0.4) is 0 Å². The second kappa shape index (κ2) is 11.7. The molecule has 0 bridgehead atoms. The highest BCUT2D eigenvalue weighted by Gasteiger charge is 2.14. The third-order valence-electron chi connectivity index (χ3n) is 4.76. The number of nitrogens with one attached hydrogen (secondary N) is 1. The number of rotatable bonds is 6. The van der Waals surface area contributed by atoms with Crippen molar-refractivity contribution in [3.63, 3.8) is 0 Å². The second-order valence-corrected chi connectivity index (χ2v) is 8.20. The normalized spacial score (nSPS) is 13.9. The SMILES string of the molecule is Clc1ccc(-c2csc3ncnc(NCCCN4CCOCC4)c23)cc1.O=C(O)C(=O)O. The van der Waals surface area contributed by atoms with E-state index in [1.54, 1.807) is 17.7 Å². The van der Waals surface area contributed by atoms with E-state index < -0.39 is 11.9 Å². The molecule has 11 heteroatoms. The number of aliphatic carboxylic acids is 2. The summed E-state index contributed by atoms with van der Waals surface area (Å²) in [7, 11) is 0. The van der Waals surface area contributed by atoms with Gasteiger partial charge in [-0.25, -0.2) is 19.6 Å². The fourth-order valence-electron chi connectivity index (χ4n) is 3.19. The molecule has 1 aromatic carbocycles. The molecule has 1 fully saturated rings. The number of hydrogen-bond donors (Lipinski definition) is 3. The minimum atomic E-state index is -1.82. The molecule has 3 N–H and O–H groups in total. The maximum Gasteiger partial charge on any atom is 0.414 e. The Labute approximate surface area is 193 Å². The van der Waals surface area contributed by atoms with Crippen LogP contribution >= 0.6 is 22.9 Å². The van der Waals surface area contributed by atoms with Crippen molar-refractivity contribution in [2.24, 2.45) is 0 Å². The lowest BCUT2D eigenvalue weighted by molar-refractivity contribution is -0.159. The summed E-state index contributed by atoms with van der Waals surface area (Å²) >= 11 is 7.67. The van der Waals surface area contributed by atoms with E-state index in [-0.39, 0.29) is 0 Å². The van der Waals surface area contributed by atoms with Crippen LogP contribution in [0.1, 0.15) is 6.42 Å². The Bertz CT molecular complexity index is 1040. The topological polar surface area (TPSA) is 125 Å². The minimum absolute atomic E-state index is 0.742. The quantitative estimate of drug-likeness (QED) is 0.361. The van der Waals surface area contributed by atoms with Gasteiger partial charge in [-0.3, -0.25) is 4.90 Å². The number of hydrogen-bond acceptors (Lipinski definition) is 8. The van der Waals surface area contributed by atoms with Crippen molar-refractivity contribution in [2.45, 2.75) is 6.42 Å². The number of thiophene rings is 1. The summed E-state index contributed by atoms with van der Waals surface area (Å²) in [4.78, 5) is 30.6. The van der Waals surface area contributed by atoms with Gasteiger partial charge < -0.3 is 20.3 Å². The maximum atomic E-state index is 9.10. The number of anilines is 1. The molecule has 9 nitrogen and oxygen atoms in total. The van der Waals surface area contributed by atoms with Gasteiger partial charge in [-0.1, -0.05) is 23.7 Å². The number of aromatic nitrogens is 2. The average molecular weight is 479 g/mol. The fraction of sp³-hybridized carbons (Fsp3) is 0.333. The molecule has 1 saturated heterocycles. The molecule has 3 heterocycles. The van der Waals surface area contributed by atoms with Crippen LogP contribution in [0.15, 0.2) is 36.0 Å². The van der Waals surface area contributed by atoms with Crippen molar-refractivity contribution in [3.05, 3.63) is 41.0 Å². The Morgan fingerprint density at radius 2 is 1.81 bits per heavy atom. The molecule has 0 atom stereocenters. The summed E-state index contributed by atoms with van der Waals surface area (Å²) < 4.78 is 5.40. The van der Waals surface area contributed by atoms with Crippen molar-refractivity contribution in [3.8, 4) is 11.1 Å². The van der Waals surface area contributed by atoms with Crippen LogP contribution in [-0.2, 0) is 14.3 Å². The molecule has 1 aliphatic rings.